The molecule has 2 aromatic rings. The van der Waals surface area contributed by atoms with Crippen molar-refractivity contribution in [2.45, 2.75) is 18.9 Å². The SMILES string of the molecule is Cn1cc([C@H]2C[C@@H]2C(=O)N2CCN(Cc3cccs3)CC2)cn1. The van der Waals surface area contributed by atoms with Gasteiger partial charge in [0.25, 0.3) is 0 Å². The minimum absolute atomic E-state index is 0.183. The minimum atomic E-state index is 0.183. The molecule has 0 N–H and O–H groups in total. The van der Waals surface area contributed by atoms with Gasteiger partial charge in [-0.2, -0.15) is 5.10 Å². The monoisotopic (exact) mass is 330 g/mol. The Balaban J connectivity index is 1.28. The van der Waals surface area contributed by atoms with E-state index in [0.29, 0.717) is 11.8 Å². The van der Waals surface area contributed by atoms with E-state index in [1.807, 2.05) is 35.5 Å². The molecule has 3 heterocycles. The average Bonchev–Trinajstić information content (AvgIpc) is 2.96. The number of thiophene rings is 1. The van der Waals surface area contributed by atoms with Gasteiger partial charge in [0.1, 0.15) is 0 Å². The number of aromatic nitrogens is 2. The zero-order valence-corrected chi connectivity index (χ0v) is 14.2. The summed E-state index contributed by atoms with van der Waals surface area (Å²) in [7, 11) is 1.93. The van der Waals surface area contributed by atoms with Gasteiger partial charge in [-0.25, -0.2) is 0 Å². The van der Waals surface area contributed by atoms with Crippen LogP contribution in [-0.2, 0) is 18.4 Å². The van der Waals surface area contributed by atoms with E-state index in [1.165, 1.54) is 10.4 Å². The van der Waals surface area contributed by atoms with Crippen molar-refractivity contribution in [3.05, 3.63) is 40.3 Å². The van der Waals surface area contributed by atoms with Crippen molar-refractivity contribution in [2.24, 2.45) is 13.0 Å². The first-order chi connectivity index (χ1) is 11.2. The van der Waals surface area contributed by atoms with Gasteiger partial charge in [0.2, 0.25) is 5.91 Å². The summed E-state index contributed by atoms with van der Waals surface area (Å²) in [4.78, 5) is 18.6. The number of aryl methyl sites for hydroxylation is 1. The molecule has 1 amide bonds. The summed E-state index contributed by atoms with van der Waals surface area (Å²) >= 11 is 1.81. The first kappa shape index (κ1) is 14.9. The predicted molar refractivity (Wildman–Crippen MR) is 90.2 cm³/mol. The second-order valence-corrected chi connectivity index (χ2v) is 7.61. The number of hydrogen-bond acceptors (Lipinski definition) is 4. The molecule has 0 bridgehead atoms. The van der Waals surface area contributed by atoms with E-state index >= 15 is 0 Å². The van der Waals surface area contributed by atoms with Gasteiger partial charge in [-0.05, 0) is 29.3 Å². The molecule has 6 heteroatoms. The van der Waals surface area contributed by atoms with Gasteiger partial charge in [-0.1, -0.05) is 6.07 Å². The number of hydrogen-bond donors (Lipinski definition) is 0. The maximum atomic E-state index is 12.7. The van der Waals surface area contributed by atoms with Crippen LogP contribution in [0.4, 0.5) is 0 Å². The zero-order valence-electron chi connectivity index (χ0n) is 13.4. The molecule has 0 radical (unpaired) electrons. The first-order valence-corrected chi connectivity index (χ1v) is 9.11. The van der Waals surface area contributed by atoms with Crippen molar-refractivity contribution < 1.29 is 4.79 Å². The lowest BCUT2D eigenvalue weighted by molar-refractivity contribution is -0.134. The number of carbonyl (C=O) groups excluding carboxylic acids is 1. The van der Waals surface area contributed by atoms with Crippen LogP contribution in [-0.4, -0.2) is 51.7 Å². The van der Waals surface area contributed by atoms with Crippen LogP contribution in [0.25, 0.3) is 0 Å². The Kier molecular flexibility index (Phi) is 3.95. The third-order valence-electron chi connectivity index (χ3n) is 4.90. The Morgan fingerprint density at radius 1 is 1.35 bits per heavy atom. The van der Waals surface area contributed by atoms with Gasteiger partial charge in [-0.15, -0.1) is 11.3 Å². The smallest absolute Gasteiger partial charge is 0.226 e. The molecule has 2 atom stereocenters. The molecule has 23 heavy (non-hydrogen) atoms. The number of nitrogens with zero attached hydrogens (tertiary/aromatic N) is 4. The largest absolute Gasteiger partial charge is 0.340 e. The topological polar surface area (TPSA) is 41.4 Å². The van der Waals surface area contributed by atoms with E-state index in [1.54, 1.807) is 0 Å². The van der Waals surface area contributed by atoms with Crippen molar-refractivity contribution >= 4 is 17.2 Å². The molecule has 2 fully saturated rings. The lowest BCUT2D eigenvalue weighted by Crippen LogP contribution is -2.48. The van der Waals surface area contributed by atoms with Gasteiger partial charge in [0.05, 0.1) is 6.20 Å². The second kappa shape index (κ2) is 6.09. The van der Waals surface area contributed by atoms with Gasteiger partial charge >= 0.3 is 0 Å². The lowest BCUT2D eigenvalue weighted by Gasteiger charge is -2.34. The van der Waals surface area contributed by atoms with Crippen molar-refractivity contribution in [3.8, 4) is 0 Å². The first-order valence-electron chi connectivity index (χ1n) is 8.23. The normalized spacial score (nSPS) is 24.8. The Hall–Kier alpha value is -1.66. The van der Waals surface area contributed by atoms with Crippen LogP contribution in [0.15, 0.2) is 29.9 Å². The number of carbonyl (C=O) groups is 1. The molecule has 0 aromatic carbocycles. The Morgan fingerprint density at radius 2 is 2.17 bits per heavy atom. The van der Waals surface area contributed by atoms with Gasteiger partial charge in [0.15, 0.2) is 0 Å². The Bertz CT molecular complexity index is 673. The minimum Gasteiger partial charge on any atom is -0.340 e. The van der Waals surface area contributed by atoms with E-state index in [9.17, 15) is 4.79 Å². The van der Waals surface area contributed by atoms with Gasteiger partial charge < -0.3 is 4.90 Å². The van der Waals surface area contributed by atoms with Crippen molar-refractivity contribution in [3.63, 3.8) is 0 Å². The summed E-state index contributed by atoms with van der Waals surface area (Å²) in [5, 5.41) is 6.34. The quantitative estimate of drug-likeness (QED) is 0.860. The third kappa shape index (κ3) is 3.19. The highest BCUT2D eigenvalue weighted by atomic mass is 32.1. The summed E-state index contributed by atoms with van der Waals surface area (Å²) in [6.45, 7) is 4.70. The molecule has 1 saturated carbocycles. The molecule has 1 saturated heterocycles. The maximum Gasteiger partial charge on any atom is 0.226 e. The Morgan fingerprint density at radius 3 is 2.83 bits per heavy atom. The number of rotatable bonds is 4. The van der Waals surface area contributed by atoms with Gasteiger partial charge in [0, 0.05) is 56.8 Å². The predicted octanol–water partition coefficient (Wildman–Crippen LogP) is 1.93. The van der Waals surface area contributed by atoms with E-state index in [0.717, 1.165) is 39.1 Å². The summed E-state index contributed by atoms with van der Waals surface area (Å²) < 4.78 is 1.82. The van der Waals surface area contributed by atoms with Crippen molar-refractivity contribution in [1.82, 2.24) is 19.6 Å². The number of piperazine rings is 1. The highest BCUT2D eigenvalue weighted by molar-refractivity contribution is 7.09. The van der Waals surface area contributed by atoms with E-state index in [2.05, 4.69) is 32.4 Å². The zero-order chi connectivity index (χ0) is 15.8. The van der Waals surface area contributed by atoms with Crippen LogP contribution in [0, 0.1) is 5.92 Å². The number of amides is 1. The summed E-state index contributed by atoms with van der Waals surface area (Å²) in [6.07, 6.45) is 4.92. The van der Waals surface area contributed by atoms with Gasteiger partial charge in [-0.3, -0.25) is 14.4 Å². The maximum absolute atomic E-state index is 12.7. The summed E-state index contributed by atoms with van der Waals surface area (Å²) in [6, 6.07) is 4.29. The summed E-state index contributed by atoms with van der Waals surface area (Å²) in [5.74, 6) is 0.915. The molecule has 1 aliphatic carbocycles. The lowest BCUT2D eigenvalue weighted by atomic mass is 10.1. The van der Waals surface area contributed by atoms with E-state index in [4.69, 9.17) is 0 Å². The molecular formula is C17H22N4OS. The van der Waals surface area contributed by atoms with Crippen molar-refractivity contribution in [1.29, 1.82) is 0 Å². The van der Waals surface area contributed by atoms with E-state index in [-0.39, 0.29) is 5.92 Å². The Labute approximate surface area is 140 Å². The highest BCUT2D eigenvalue weighted by Gasteiger charge is 2.46. The molecular weight excluding hydrogens is 308 g/mol. The fourth-order valence-electron chi connectivity index (χ4n) is 3.45. The summed E-state index contributed by atoms with van der Waals surface area (Å²) in [5.41, 5.74) is 1.21. The van der Waals surface area contributed by atoms with Crippen LogP contribution in [0.1, 0.15) is 22.8 Å². The third-order valence-corrected chi connectivity index (χ3v) is 5.77. The molecule has 122 valence electrons. The molecule has 0 unspecified atom stereocenters. The molecule has 5 nitrogen and oxygen atoms in total. The van der Waals surface area contributed by atoms with Crippen LogP contribution in [0.2, 0.25) is 0 Å². The van der Waals surface area contributed by atoms with Crippen LogP contribution in [0.3, 0.4) is 0 Å². The molecule has 1 aliphatic heterocycles. The molecule has 4 rings (SSSR count). The average molecular weight is 330 g/mol. The van der Waals surface area contributed by atoms with Crippen LogP contribution >= 0.6 is 11.3 Å². The molecule has 2 aromatic heterocycles. The second-order valence-electron chi connectivity index (χ2n) is 6.58. The molecule has 0 spiro atoms. The fraction of sp³-hybridized carbons (Fsp3) is 0.529. The standard InChI is InChI=1S/C17H22N4OS/c1-19-11-13(10-18-19)15-9-16(15)17(22)21-6-4-20(5-7-21)12-14-3-2-8-23-14/h2-3,8,10-11,15-16H,4-7,9,12H2,1H3/t15-,16+/m1/s1. The van der Waals surface area contributed by atoms with Crippen LogP contribution < -0.4 is 0 Å². The highest BCUT2D eigenvalue weighted by Crippen LogP contribution is 2.48. The van der Waals surface area contributed by atoms with E-state index < -0.39 is 0 Å². The molecule has 2 aliphatic rings. The fourth-order valence-corrected chi connectivity index (χ4v) is 4.20. The van der Waals surface area contributed by atoms with Crippen LogP contribution in [0.5, 0.6) is 0 Å². The van der Waals surface area contributed by atoms with Crippen molar-refractivity contribution in [2.75, 3.05) is 26.2 Å².